The van der Waals surface area contributed by atoms with Gasteiger partial charge in [-0.15, -0.1) is 0 Å². The van der Waals surface area contributed by atoms with Gasteiger partial charge in [0.2, 0.25) is 0 Å². The molecule has 2 aromatic rings. The number of aryl methyl sites for hydroxylation is 2. The van der Waals surface area contributed by atoms with Gasteiger partial charge >= 0.3 is 5.97 Å². The summed E-state index contributed by atoms with van der Waals surface area (Å²) in [6.45, 7) is 1.62. The Morgan fingerprint density at radius 1 is 1.29 bits per heavy atom. The second-order valence-corrected chi connectivity index (χ2v) is 4.66. The van der Waals surface area contributed by atoms with Gasteiger partial charge in [0.05, 0.1) is 5.69 Å². The molecule has 6 heteroatoms. The Hall–Kier alpha value is -2.50. The van der Waals surface area contributed by atoms with Gasteiger partial charge in [0.25, 0.3) is 0 Å². The van der Waals surface area contributed by atoms with Gasteiger partial charge in [-0.3, -0.25) is 9.59 Å². The maximum absolute atomic E-state index is 13.8. The summed E-state index contributed by atoms with van der Waals surface area (Å²) in [6, 6.07) is 4.44. The lowest BCUT2D eigenvalue weighted by Crippen LogP contribution is -2.16. The number of carboxylic acid groups (broad SMARTS) is 1. The highest BCUT2D eigenvalue weighted by atomic mass is 19.1. The lowest BCUT2D eigenvalue weighted by atomic mass is 10.1. The van der Waals surface area contributed by atoms with Gasteiger partial charge in [0, 0.05) is 36.0 Å². The Kier molecular flexibility index (Phi) is 4.16. The minimum absolute atomic E-state index is 0.0528. The fourth-order valence-corrected chi connectivity index (χ4v) is 2.04. The van der Waals surface area contributed by atoms with Crippen molar-refractivity contribution in [2.24, 2.45) is 0 Å². The molecule has 0 bridgehead atoms. The average molecular weight is 293 g/mol. The molecular weight excluding hydrogens is 280 g/mol. The molecule has 1 N–H and O–H groups in total. The summed E-state index contributed by atoms with van der Waals surface area (Å²) >= 11 is 0. The van der Waals surface area contributed by atoms with Gasteiger partial charge in [-0.2, -0.15) is 0 Å². The Morgan fingerprint density at radius 2 is 2.00 bits per heavy atom. The molecule has 1 aromatic carbocycles. The number of carboxylic acids is 1. The van der Waals surface area contributed by atoms with Crippen molar-refractivity contribution in [2.75, 3.05) is 0 Å². The molecule has 1 heterocycles. The highest BCUT2D eigenvalue weighted by Gasteiger charge is 2.11. The molecule has 0 unspecified atom stereocenters. The van der Waals surface area contributed by atoms with Crippen molar-refractivity contribution in [3.63, 3.8) is 0 Å². The maximum Gasteiger partial charge on any atom is 0.303 e. The third kappa shape index (κ3) is 3.34. The van der Waals surface area contributed by atoms with E-state index in [9.17, 15) is 18.4 Å². The molecule has 0 aliphatic carbocycles. The lowest BCUT2D eigenvalue weighted by Gasteiger charge is -2.13. The van der Waals surface area contributed by atoms with Crippen LogP contribution >= 0.6 is 0 Å². The molecule has 0 amide bonds. The number of aromatic nitrogens is 1. The summed E-state index contributed by atoms with van der Waals surface area (Å²) < 4.78 is 28.2. The number of benzene rings is 1. The Balaban J connectivity index is 2.50. The van der Waals surface area contributed by atoms with Gasteiger partial charge in [0.15, 0.2) is 5.43 Å². The van der Waals surface area contributed by atoms with Crippen LogP contribution in [-0.2, 0) is 11.2 Å². The molecule has 110 valence electrons. The predicted octanol–water partition coefficient (Wildman–Crippen LogP) is 2.44. The van der Waals surface area contributed by atoms with Crippen LogP contribution in [0.4, 0.5) is 8.78 Å². The van der Waals surface area contributed by atoms with Crippen molar-refractivity contribution in [1.29, 1.82) is 0 Å². The molecule has 4 nitrogen and oxygen atoms in total. The van der Waals surface area contributed by atoms with E-state index in [2.05, 4.69) is 0 Å². The quantitative estimate of drug-likeness (QED) is 0.942. The normalized spacial score (nSPS) is 10.6. The van der Waals surface area contributed by atoms with Crippen LogP contribution in [0.5, 0.6) is 0 Å². The minimum atomic E-state index is -1.02. The van der Waals surface area contributed by atoms with E-state index in [4.69, 9.17) is 5.11 Å². The van der Waals surface area contributed by atoms with Gasteiger partial charge in [-0.25, -0.2) is 8.78 Å². The molecule has 0 saturated heterocycles. The second-order valence-electron chi connectivity index (χ2n) is 4.66. The van der Waals surface area contributed by atoms with E-state index in [1.54, 1.807) is 6.92 Å². The summed E-state index contributed by atoms with van der Waals surface area (Å²) in [5, 5.41) is 8.67. The molecule has 0 fully saturated rings. The first-order valence-electron chi connectivity index (χ1n) is 6.28. The van der Waals surface area contributed by atoms with Gasteiger partial charge in [0.1, 0.15) is 11.6 Å². The van der Waals surface area contributed by atoms with Crippen LogP contribution in [0.3, 0.4) is 0 Å². The first-order valence-corrected chi connectivity index (χ1v) is 6.28. The van der Waals surface area contributed by atoms with E-state index >= 15 is 0 Å². The molecule has 1 aromatic heterocycles. The van der Waals surface area contributed by atoms with E-state index in [0.29, 0.717) is 5.69 Å². The SMILES string of the molecule is Cc1cc(=O)c(CCC(=O)O)cn1-c1ccc(F)cc1F. The Bertz CT molecular complexity index is 753. The molecule has 0 saturated carbocycles. The van der Waals surface area contributed by atoms with Crippen molar-refractivity contribution in [2.45, 2.75) is 19.8 Å². The van der Waals surface area contributed by atoms with Crippen molar-refractivity contribution in [1.82, 2.24) is 4.57 Å². The van der Waals surface area contributed by atoms with E-state index in [-0.39, 0.29) is 29.5 Å². The Morgan fingerprint density at radius 3 is 2.62 bits per heavy atom. The topological polar surface area (TPSA) is 59.3 Å². The second kappa shape index (κ2) is 5.87. The summed E-state index contributed by atoms with van der Waals surface area (Å²) in [7, 11) is 0. The summed E-state index contributed by atoms with van der Waals surface area (Å²) in [4.78, 5) is 22.4. The fourth-order valence-electron chi connectivity index (χ4n) is 2.04. The van der Waals surface area contributed by atoms with Crippen molar-refractivity contribution in [3.8, 4) is 5.69 Å². The molecule has 0 aliphatic rings. The van der Waals surface area contributed by atoms with Crippen LogP contribution in [0.1, 0.15) is 17.7 Å². The van der Waals surface area contributed by atoms with Gasteiger partial charge in [-0.05, 0) is 25.5 Å². The highest BCUT2D eigenvalue weighted by molar-refractivity contribution is 5.67. The average Bonchev–Trinajstić information content (AvgIpc) is 2.38. The number of hydrogen-bond donors (Lipinski definition) is 1. The Labute approximate surface area is 119 Å². The molecule has 0 spiro atoms. The number of hydrogen-bond acceptors (Lipinski definition) is 2. The summed E-state index contributed by atoms with van der Waals surface area (Å²) in [5.41, 5.74) is 0.550. The largest absolute Gasteiger partial charge is 0.481 e. The molecular formula is C15H13F2NO3. The third-order valence-corrected chi connectivity index (χ3v) is 3.10. The van der Waals surface area contributed by atoms with E-state index < -0.39 is 17.6 Å². The van der Waals surface area contributed by atoms with Gasteiger partial charge in [-0.1, -0.05) is 0 Å². The minimum Gasteiger partial charge on any atom is -0.481 e. The first-order chi connectivity index (χ1) is 9.88. The van der Waals surface area contributed by atoms with Gasteiger partial charge < -0.3 is 9.67 Å². The number of halogens is 2. The number of nitrogens with zero attached hydrogens (tertiary/aromatic N) is 1. The van der Waals surface area contributed by atoms with Crippen LogP contribution in [0.2, 0.25) is 0 Å². The van der Waals surface area contributed by atoms with Crippen LogP contribution in [-0.4, -0.2) is 15.6 Å². The number of carbonyl (C=O) groups is 1. The highest BCUT2D eigenvalue weighted by Crippen LogP contribution is 2.17. The number of aliphatic carboxylic acids is 1. The standard InChI is InChI=1S/C15H13F2NO3/c1-9-6-14(19)10(2-5-15(20)21)8-18(9)13-4-3-11(16)7-12(13)17/h3-4,6-8H,2,5H2,1H3,(H,20,21). The fraction of sp³-hybridized carbons (Fsp3) is 0.200. The zero-order chi connectivity index (χ0) is 15.6. The van der Waals surface area contributed by atoms with Crippen molar-refractivity contribution < 1.29 is 18.7 Å². The smallest absolute Gasteiger partial charge is 0.303 e. The zero-order valence-electron chi connectivity index (χ0n) is 11.3. The molecule has 21 heavy (non-hydrogen) atoms. The summed E-state index contributed by atoms with van der Waals surface area (Å²) in [6.07, 6.45) is 1.26. The summed E-state index contributed by atoms with van der Waals surface area (Å²) in [5.74, 6) is -2.47. The van der Waals surface area contributed by atoms with E-state index in [1.165, 1.54) is 22.9 Å². The number of rotatable bonds is 4. The monoisotopic (exact) mass is 293 g/mol. The van der Waals surface area contributed by atoms with Crippen LogP contribution in [0.25, 0.3) is 5.69 Å². The van der Waals surface area contributed by atoms with Crippen LogP contribution in [0.15, 0.2) is 35.3 Å². The van der Waals surface area contributed by atoms with Crippen LogP contribution in [0, 0.1) is 18.6 Å². The maximum atomic E-state index is 13.8. The van der Waals surface area contributed by atoms with E-state index in [1.807, 2.05) is 0 Å². The van der Waals surface area contributed by atoms with E-state index in [0.717, 1.165) is 12.1 Å². The zero-order valence-corrected chi connectivity index (χ0v) is 11.3. The molecule has 2 rings (SSSR count). The predicted molar refractivity (Wildman–Crippen MR) is 72.6 cm³/mol. The van der Waals surface area contributed by atoms with Crippen LogP contribution < -0.4 is 5.43 Å². The van der Waals surface area contributed by atoms with Crippen molar-refractivity contribution in [3.05, 3.63) is 63.6 Å². The third-order valence-electron chi connectivity index (χ3n) is 3.10. The molecule has 0 radical (unpaired) electrons. The molecule has 0 atom stereocenters. The molecule has 0 aliphatic heterocycles. The number of pyridine rings is 1. The van der Waals surface area contributed by atoms with Crippen molar-refractivity contribution >= 4 is 5.97 Å². The lowest BCUT2D eigenvalue weighted by molar-refractivity contribution is -0.136. The first kappa shape index (κ1) is 14.9.